The predicted octanol–water partition coefficient (Wildman–Crippen LogP) is 3.50. The number of carbonyl (C=O) groups is 2. The average Bonchev–Trinajstić information content (AvgIpc) is 3.07. The van der Waals surface area contributed by atoms with Crippen molar-refractivity contribution in [3.05, 3.63) is 33.2 Å². The van der Waals surface area contributed by atoms with Gasteiger partial charge in [0.2, 0.25) is 0 Å². The summed E-state index contributed by atoms with van der Waals surface area (Å²) in [7, 11) is 0. The summed E-state index contributed by atoms with van der Waals surface area (Å²) in [6, 6.07) is 3.52. The Morgan fingerprint density at radius 1 is 1.29 bits per heavy atom. The second-order valence-electron chi connectivity index (χ2n) is 5.98. The molecule has 0 aliphatic heterocycles. The van der Waals surface area contributed by atoms with Gasteiger partial charge in [0.1, 0.15) is 10.6 Å². The zero-order valence-corrected chi connectivity index (χ0v) is 14.6. The first-order valence-electron chi connectivity index (χ1n) is 8.09. The van der Waals surface area contributed by atoms with Crippen molar-refractivity contribution in [2.75, 3.05) is 5.32 Å². The summed E-state index contributed by atoms with van der Waals surface area (Å²) in [5.74, 6) is 0.0140. The molecule has 6 nitrogen and oxygen atoms in total. The van der Waals surface area contributed by atoms with Gasteiger partial charge in [0.15, 0.2) is 11.9 Å². The Balaban J connectivity index is 1.60. The molecule has 1 atom stereocenters. The summed E-state index contributed by atoms with van der Waals surface area (Å²) in [5.41, 5.74) is 1.25. The van der Waals surface area contributed by atoms with Gasteiger partial charge in [-0.15, -0.1) is 11.3 Å². The Hall–Kier alpha value is -2.15. The van der Waals surface area contributed by atoms with Crippen molar-refractivity contribution < 1.29 is 18.8 Å². The maximum atomic E-state index is 12.3. The fraction of sp³-hybridized carbons (Fsp3) is 0.471. The van der Waals surface area contributed by atoms with E-state index in [1.807, 2.05) is 6.07 Å². The maximum Gasteiger partial charge on any atom is 0.349 e. The van der Waals surface area contributed by atoms with Crippen molar-refractivity contribution in [2.45, 2.75) is 52.1 Å². The lowest BCUT2D eigenvalue weighted by Crippen LogP contribution is -2.29. The molecule has 1 aliphatic carbocycles. The molecule has 0 spiro atoms. The zero-order valence-electron chi connectivity index (χ0n) is 13.8. The lowest BCUT2D eigenvalue weighted by Gasteiger charge is -2.11. The molecule has 2 heterocycles. The molecular weight excluding hydrogens is 328 g/mol. The summed E-state index contributed by atoms with van der Waals surface area (Å²) in [6.45, 7) is 3.27. The van der Waals surface area contributed by atoms with E-state index in [4.69, 9.17) is 9.26 Å². The second-order valence-corrected chi connectivity index (χ2v) is 7.12. The van der Waals surface area contributed by atoms with Gasteiger partial charge in [-0.1, -0.05) is 11.6 Å². The first-order valence-corrected chi connectivity index (χ1v) is 8.91. The lowest BCUT2D eigenvalue weighted by atomic mass is 10.1. The molecule has 3 rings (SSSR count). The normalized spacial score (nSPS) is 15.2. The van der Waals surface area contributed by atoms with Crippen molar-refractivity contribution >= 4 is 29.0 Å². The number of amides is 1. The van der Waals surface area contributed by atoms with E-state index >= 15 is 0 Å². The summed E-state index contributed by atoms with van der Waals surface area (Å²) in [4.78, 5) is 26.2. The third kappa shape index (κ3) is 3.84. The minimum absolute atomic E-state index is 0.309. The van der Waals surface area contributed by atoms with Gasteiger partial charge >= 0.3 is 5.97 Å². The highest BCUT2D eigenvalue weighted by atomic mass is 32.1. The number of anilines is 1. The molecule has 0 fully saturated rings. The Labute approximate surface area is 144 Å². The van der Waals surface area contributed by atoms with Crippen molar-refractivity contribution in [1.29, 1.82) is 0 Å². The van der Waals surface area contributed by atoms with Crippen LogP contribution < -0.4 is 5.32 Å². The molecule has 2 aromatic rings. The molecule has 1 amide bonds. The molecule has 0 aromatic carbocycles. The highest BCUT2D eigenvalue weighted by molar-refractivity contribution is 7.14. The van der Waals surface area contributed by atoms with Gasteiger partial charge in [0.25, 0.3) is 5.91 Å². The summed E-state index contributed by atoms with van der Waals surface area (Å²) in [6.07, 6.45) is 4.69. The number of esters is 1. The van der Waals surface area contributed by atoms with E-state index in [1.165, 1.54) is 28.2 Å². The van der Waals surface area contributed by atoms with Gasteiger partial charge in [-0.2, -0.15) is 0 Å². The summed E-state index contributed by atoms with van der Waals surface area (Å²) >= 11 is 1.48. The van der Waals surface area contributed by atoms with E-state index in [-0.39, 0.29) is 0 Å². The van der Waals surface area contributed by atoms with Crippen LogP contribution in [0.25, 0.3) is 0 Å². The van der Waals surface area contributed by atoms with Crippen LogP contribution in [0, 0.1) is 6.92 Å². The highest BCUT2D eigenvalue weighted by Crippen LogP contribution is 2.29. The number of nitrogens with one attached hydrogen (secondary N) is 1. The molecule has 0 bridgehead atoms. The standard InChI is InChI=1S/C17H20N2O4S/c1-10-8-15(19-23-10)18-16(20)11(2)22-17(21)14-9-12-6-4-3-5-7-13(12)24-14/h8-9,11H,3-7H2,1-2H3,(H,18,19,20)/t11-/m1/s1. The van der Waals surface area contributed by atoms with E-state index in [1.54, 1.807) is 19.9 Å². The predicted molar refractivity (Wildman–Crippen MR) is 90.3 cm³/mol. The largest absolute Gasteiger partial charge is 0.448 e. The van der Waals surface area contributed by atoms with Crippen LogP contribution in [-0.2, 0) is 22.4 Å². The molecule has 24 heavy (non-hydrogen) atoms. The molecule has 128 valence electrons. The average molecular weight is 348 g/mol. The Kier molecular flexibility index (Phi) is 4.99. The van der Waals surface area contributed by atoms with Crippen LogP contribution in [-0.4, -0.2) is 23.1 Å². The number of aryl methyl sites for hydroxylation is 3. The molecule has 0 saturated heterocycles. The van der Waals surface area contributed by atoms with E-state index in [9.17, 15) is 9.59 Å². The number of hydrogen-bond donors (Lipinski definition) is 1. The topological polar surface area (TPSA) is 81.4 Å². The van der Waals surface area contributed by atoms with E-state index in [2.05, 4.69) is 10.5 Å². The fourth-order valence-electron chi connectivity index (χ4n) is 2.69. The van der Waals surface area contributed by atoms with Crippen molar-refractivity contribution in [3.63, 3.8) is 0 Å². The summed E-state index contributed by atoms with van der Waals surface area (Å²) in [5, 5.41) is 6.24. The minimum atomic E-state index is -0.906. The summed E-state index contributed by atoms with van der Waals surface area (Å²) < 4.78 is 10.2. The molecule has 2 aromatic heterocycles. The quantitative estimate of drug-likeness (QED) is 0.675. The molecule has 0 radical (unpaired) electrons. The second kappa shape index (κ2) is 7.17. The molecule has 7 heteroatoms. The number of rotatable bonds is 4. The Morgan fingerprint density at radius 2 is 2.08 bits per heavy atom. The van der Waals surface area contributed by atoms with Crippen LogP contribution >= 0.6 is 11.3 Å². The Morgan fingerprint density at radius 3 is 2.83 bits per heavy atom. The zero-order chi connectivity index (χ0) is 17.1. The van der Waals surface area contributed by atoms with Crippen LogP contribution in [0.2, 0.25) is 0 Å². The SMILES string of the molecule is Cc1cc(NC(=O)[C@@H](C)OC(=O)c2cc3c(s2)CCCCC3)no1. The number of ether oxygens (including phenoxy) is 1. The van der Waals surface area contributed by atoms with Crippen LogP contribution in [0.15, 0.2) is 16.7 Å². The van der Waals surface area contributed by atoms with Gasteiger partial charge in [0.05, 0.1) is 0 Å². The van der Waals surface area contributed by atoms with Crippen LogP contribution in [0.1, 0.15) is 52.1 Å². The van der Waals surface area contributed by atoms with Gasteiger partial charge in [-0.05, 0) is 51.2 Å². The van der Waals surface area contributed by atoms with Crippen LogP contribution in [0.3, 0.4) is 0 Å². The number of carbonyl (C=O) groups excluding carboxylic acids is 2. The van der Waals surface area contributed by atoms with Crippen molar-refractivity contribution in [2.24, 2.45) is 0 Å². The minimum Gasteiger partial charge on any atom is -0.448 e. The number of hydrogen-bond acceptors (Lipinski definition) is 6. The van der Waals surface area contributed by atoms with E-state index in [0.717, 1.165) is 25.7 Å². The van der Waals surface area contributed by atoms with Crippen molar-refractivity contribution in [3.8, 4) is 0 Å². The molecule has 0 unspecified atom stereocenters. The third-order valence-corrected chi connectivity index (χ3v) is 5.20. The number of aromatic nitrogens is 1. The fourth-order valence-corrected chi connectivity index (χ4v) is 3.83. The van der Waals surface area contributed by atoms with Crippen molar-refractivity contribution in [1.82, 2.24) is 5.16 Å². The van der Waals surface area contributed by atoms with Crippen LogP contribution in [0.4, 0.5) is 5.82 Å². The highest BCUT2D eigenvalue weighted by Gasteiger charge is 2.23. The molecular formula is C17H20N2O4S. The third-order valence-electron chi connectivity index (χ3n) is 3.98. The number of fused-ring (bicyclic) bond motifs is 1. The first kappa shape index (κ1) is 16.7. The van der Waals surface area contributed by atoms with Gasteiger partial charge in [0, 0.05) is 10.9 Å². The van der Waals surface area contributed by atoms with E-state index in [0.29, 0.717) is 16.5 Å². The molecule has 1 aliphatic rings. The monoisotopic (exact) mass is 348 g/mol. The first-order chi connectivity index (χ1) is 11.5. The number of thiophene rings is 1. The van der Waals surface area contributed by atoms with Gasteiger partial charge < -0.3 is 14.6 Å². The molecule has 0 saturated carbocycles. The maximum absolute atomic E-state index is 12.3. The van der Waals surface area contributed by atoms with Crippen LogP contribution in [0.5, 0.6) is 0 Å². The van der Waals surface area contributed by atoms with E-state index < -0.39 is 18.0 Å². The molecule has 1 N–H and O–H groups in total. The van der Waals surface area contributed by atoms with Gasteiger partial charge in [-0.3, -0.25) is 4.79 Å². The number of nitrogens with zero attached hydrogens (tertiary/aromatic N) is 1. The lowest BCUT2D eigenvalue weighted by molar-refractivity contribution is -0.123. The Bertz CT molecular complexity index is 726. The van der Waals surface area contributed by atoms with Gasteiger partial charge in [-0.25, -0.2) is 4.79 Å². The smallest absolute Gasteiger partial charge is 0.349 e.